The molecule has 0 unspecified atom stereocenters. The highest BCUT2D eigenvalue weighted by atomic mass is 35.6. The summed E-state index contributed by atoms with van der Waals surface area (Å²) in [5.74, 6) is -1.16. The molecule has 0 spiro atoms. The standard InChI is InChI=1S/C48H71Cl3N2O7Si2/c1-35(2)43(59-44(55)41-26-20-31-53(41)45(56)57-34-48(49,50)51)37(4)27-28-42(54)52-30-19-21-36(3)33-38(29-32-58-61(11,12)46(5,6)7)60-62(47(8,9)10,39-22-15-13-16-23-39)40-24-17-14-18-25-40/h13-19,21-25,27-28,33,35,37-38,41,43H,20,26,29-32,34H2,1-12H3,(H,52,54)/b21-19+,28-27+,36-33+/t37-,38+,41-,43-/m1/s1. The van der Waals surface area contributed by atoms with Gasteiger partial charge in [0.25, 0.3) is 8.32 Å². The molecule has 0 saturated carbocycles. The van der Waals surface area contributed by atoms with Crippen molar-refractivity contribution in [3.63, 3.8) is 0 Å². The maximum Gasteiger partial charge on any atom is 0.410 e. The van der Waals surface area contributed by atoms with Gasteiger partial charge in [0.2, 0.25) is 9.70 Å². The normalized spacial score (nSPS) is 17.4. The van der Waals surface area contributed by atoms with Crippen LogP contribution in [0.4, 0.5) is 4.79 Å². The van der Waals surface area contributed by atoms with Crippen LogP contribution in [0.3, 0.4) is 0 Å². The lowest BCUT2D eigenvalue weighted by molar-refractivity contribution is -0.158. The van der Waals surface area contributed by atoms with Crippen molar-refractivity contribution in [3.8, 4) is 0 Å². The first-order valence-corrected chi connectivity index (χ1v) is 27.7. The molecule has 1 aliphatic heterocycles. The number of halogens is 3. The van der Waals surface area contributed by atoms with Crippen molar-refractivity contribution in [3.05, 3.63) is 96.6 Å². The van der Waals surface area contributed by atoms with Crippen molar-refractivity contribution in [2.45, 2.75) is 134 Å². The molecule has 1 aliphatic rings. The van der Waals surface area contributed by atoms with Gasteiger partial charge in [0, 0.05) is 25.6 Å². The minimum Gasteiger partial charge on any atom is -0.460 e. The number of benzene rings is 2. The van der Waals surface area contributed by atoms with E-state index in [-0.39, 0.29) is 33.9 Å². The molecule has 0 bridgehead atoms. The summed E-state index contributed by atoms with van der Waals surface area (Å²) in [4.78, 5) is 40.2. The van der Waals surface area contributed by atoms with Crippen molar-refractivity contribution in [2.75, 3.05) is 26.3 Å². The third-order valence-electron chi connectivity index (χ3n) is 11.7. The lowest BCUT2D eigenvalue weighted by atomic mass is 9.94. The number of carbonyl (C=O) groups is 3. The zero-order chi connectivity index (χ0) is 46.5. The molecule has 62 heavy (non-hydrogen) atoms. The molecule has 1 saturated heterocycles. The van der Waals surface area contributed by atoms with Gasteiger partial charge in [0.1, 0.15) is 18.8 Å². The number of amides is 2. The molecule has 14 heteroatoms. The Bertz CT molecular complexity index is 1800. The van der Waals surface area contributed by atoms with Crippen LogP contribution in [0.15, 0.2) is 96.6 Å². The number of alkyl halides is 3. The summed E-state index contributed by atoms with van der Waals surface area (Å²) < 4.78 is 23.6. The van der Waals surface area contributed by atoms with Gasteiger partial charge in [-0.05, 0) is 71.7 Å². The number of hydrogen-bond donors (Lipinski definition) is 1. The van der Waals surface area contributed by atoms with Gasteiger partial charge < -0.3 is 23.6 Å². The SMILES string of the molecule is CC(/C=C/CNC(=O)/C=C/[C@@H](C)[C@H](OC(=O)[C@H]1CCCN1C(=O)OCC(Cl)(Cl)Cl)C(C)C)=C\[C@H](CCO[Si](C)(C)C(C)(C)C)O[Si](c1ccccc1)(c1ccccc1)C(C)(C)C. The fourth-order valence-corrected chi connectivity index (χ4v) is 13.3. The molecule has 1 N–H and O–H groups in total. The molecule has 3 rings (SSSR count). The molecule has 0 aromatic heterocycles. The second-order valence-corrected chi connectivity index (χ2v) is 30.7. The summed E-state index contributed by atoms with van der Waals surface area (Å²) in [6.07, 6.45) is 9.56. The number of carbonyl (C=O) groups excluding carboxylic acids is 3. The third-order valence-corrected chi connectivity index (χ3v) is 21.7. The van der Waals surface area contributed by atoms with Crippen LogP contribution in [0.2, 0.25) is 23.2 Å². The van der Waals surface area contributed by atoms with E-state index in [0.717, 1.165) is 5.57 Å². The number of nitrogens with zero attached hydrogens (tertiary/aromatic N) is 1. The maximum atomic E-state index is 13.3. The Hall–Kier alpha value is -2.91. The minimum atomic E-state index is -2.87. The van der Waals surface area contributed by atoms with E-state index in [1.165, 1.54) is 21.3 Å². The quantitative estimate of drug-likeness (QED) is 0.0492. The number of hydrogen-bond acceptors (Lipinski definition) is 7. The van der Waals surface area contributed by atoms with Crippen LogP contribution >= 0.6 is 34.8 Å². The van der Waals surface area contributed by atoms with Gasteiger partial charge in [-0.15, -0.1) is 0 Å². The first kappa shape index (κ1) is 53.4. The largest absolute Gasteiger partial charge is 0.460 e. The predicted molar refractivity (Wildman–Crippen MR) is 261 cm³/mol. The summed E-state index contributed by atoms with van der Waals surface area (Å²) >= 11 is 17.2. The van der Waals surface area contributed by atoms with Crippen molar-refractivity contribution in [1.29, 1.82) is 0 Å². The zero-order valence-corrected chi connectivity index (χ0v) is 43.2. The van der Waals surface area contributed by atoms with Gasteiger partial charge in [0.05, 0.1) is 6.10 Å². The van der Waals surface area contributed by atoms with E-state index in [2.05, 4.69) is 134 Å². The molecule has 2 amide bonds. The smallest absolute Gasteiger partial charge is 0.410 e. The van der Waals surface area contributed by atoms with Crippen LogP contribution in [0.25, 0.3) is 0 Å². The van der Waals surface area contributed by atoms with Gasteiger partial charge in [-0.3, -0.25) is 9.69 Å². The van der Waals surface area contributed by atoms with E-state index in [0.29, 0.717) is 39.0 Å². The molecule has 4 atom stereocenters. The Labute approximate surface area is 389 Å². The fraction of sp³-hybridized carbons (Fsp3) is 0.562. The van der Waals surface area contributed by atoms with Gasteiger partial charge in [0.15, 0.2) is 8.32 Å². The minimum absolute atomic E-state index is 0.0615. The molecule has 2 aromatic carbocycles. The first-order valence-electron chi connectivity index (χ1n) is 21.7. The lowest BCUT2D eigenvalue weighted by Gasteiger charge is -2.45. The Morgan fingerprint density at radius 1 is 0.887 bits per heavy atom. The number of nitrogens with one attached hydrogen (secondary N) is 1. The van der Waals surface area contributed by atoms with E-state index < -0.39 is 51.2 Å². The number of likely N-dealkylation sites (tertiary alicyclic amines) is 1. The Morgan fingerprint density at radius 3 is 1.98 bits per heavy atom. The predicted octanol–water partition coefficient (Wildman–Crippen LogP) is 10.7. The number of allylic oxidation sites excluding steroid dienone is 2. The van der Waals surface area contributed by atoms with Crippen molar-refractivity contribution < 1.29 is 32.7 Å². The summed E-state index contributed by atoms with van der Waals surface area (Å²) in [6.45, 7) is 26.8. The summed E-state index contributed by atoms with van der Waals surface area (Å²) in [7, 11) is -4.87. The van der Waals surface area contributed by atoms with Crippen LogP contribution in [-0.2, 0) is 27.9 Å². The Balaban J connectivity index is 1.74. The first-order chi connectivity index (χ1) is 28.8. The van der Waals surface area contributed by atoms with Crippen LogP contribution in [0, 0.1) is 11.8 Å². The number of ether oxygens (including phenoxy) is 2. The number of esters is 1. The van der Waals surface area contributed by atoms with E-state index in [4.69, 9.17) is 53.1 Å². The number of rotatable bonds is 19. The third kappa shape index (κ3) is 15.7. The zero-order valence-electron chi connectivity index (χ0n) is 38.9. The van der Waals surface area contributed by atoms with Crippen molar-refractivity contribution in [1.82, 2.24) is 10.2 Å². The molecular weight excluding hydrogens is 879 g/mol. The molecular formula is C48H71Cl3N2O7Si2. The molecule has 0 radical (unpaired) electrons. The van der Waals surface area contributed by atoms with E-state index in [1.807, 2.05) is 32.9 Å². The van der Waals surface area contributed by atoms with Gasteiger partial charge in [-0.25, -0.2) is 9.59 Å². The summed E-state index contributed by atoms with van der Waals surface area (Å²) in [5.41, 5.74) is 1.01. The Morgan fingerprint density at radius 2 is 1.47 bits per heavy atom. The molecule has 1 heterocycles. The highest BCUT2D eigenvalue weighted by Crippen LogP contribution is 2.39. The molecule has 9 nitrogen and oxygen atoms in total. The van der Waals surface area contributed by atoms with Crippen LogP contribution in [-0.4, -0.2) is 87.9 Å². The van der Waals surface area contributed by atoms with Crippen LogP contribution < -0.4 is 15.7 Å². The van der Waals surface area contributed by atoms with Crippen molar-refractivity contribution in [2.24, 2.45) is 11.8 Å². The van der Waals surface area contributed by atoms with Crippen LogP contribution in [0.1, 0.15) is 88.5 Å². The highest BCUT2D eigenvalue weighted by molar-refractivity contribution is 6.99. The second-order valence-electron chi connectivity index (χ2n) is 19.2. The maximum absolute atomic E-state index is 13.3. The monoisotopic (exact) mass is 948 g/mol. The molecule has 2 aromatic rings. The van der Waals surface area contributed by atoms with Crippen LogP contribution in [0.5, 0.6) is 0 Å². The topological polar surface area (TPSA) is 103 Å². The summed E-state index contributed by atoms with van der Waals surface area (Å²) in [5, 5.41) is 5.26. The molecule has 0 aliphatic carbocycles. The molecule has 344 valence electrons. The molecule has 1 fully saturated rings. The van der Waals surface area contributed by atoms with E-state index in [9.17, 15) is 14.4 Å². The Kier molecular flexibility index (Phi) is 20.1. The van der Waals surface area contributed by atoms with Gasteiger partial charge in [-0.1, -0.05) is 188 Å². The summed E-state index contributed by atoms with van der Waals surface area (Å²) in [6, 6.07) is 20.5. The average molecular weight is 951 g/mol. The van der Waals surface area contributed by atoms with Gasteiger partial charge >= 0.3 is 12.1 Å². The van der Waals surface area contributed by atoms with E-state index in [1.54, 1.807) is 6.08 Å². The van der Waals surface area contributed by atoms with E-state index >= 15 is 0 Å². The lowest BCUT2D eigenvalue weighted by Crippen LogP contribution is -2.67. The van der Waals surface area contributed by atoms with Crippen molar-refractivity contribution >= 4 is 79.8 Å². The second kappa shape index (κ2) is 23.3. The van der Waals surface area contributed by atoms with Gasteiger partial charge in [-0.2, -0.15) is 0 Å². The highest BCUT2D eigenvalue weighted by Gasteiger charge is 2.51. The fourth-order valence-electron chi connectivity index (χ4n) is 7.42. The average Bonchev–Trinajstić information content (AvgIpc) is 3.68.